The van der Waals surface area contributed by atoms with E-state index >= 15 is 0 Å². The molecule has 1 fully saturated rings. The van der Waals surface area contributed by atoms with Crippen LogP contribution in [0.2, 0.25) is 0 Å². The zero-order valence-electron chi connectivity index (χ0n) is 14.7. The highest BCUT2D eigenvalue weighted by atomic mass is 19.1. The highest BCUT2D eigenvalue weighted by Gasteiger charge is 2.30. The third kappa shape index (κ3) is 4.45. The lowest BCUT2D eigenvalue weighted by Crippen LogP contribution is -2.32. The van der Waals surface area contributed by atoms with Crippen LogP contribution in [0.15, 0.2) is 42.6 Å². The van der Waals surface area contributed by atoms with Crippen molar-refractivity contribution in [1.82, 2.24) is 15.2 Å². The quantitative estimate of drug-likeness (QED) is 0.897. The number of carbonyl (C=O) groups excluding carboxylic acids is 2. The van der Waals surface area contributed by atoms with Gasteiger partial charge in [-0.15, -0.1) is 0 Å². The predicted molar refractivity (Wildman–Crippen MR) is 95.5 cm³/mol. The zero-order chi connectivity index (χ0) is 18.5. The number of aromatic nitrogens is 1. The lowest BCUT2D eigenvalue weighted by molar-refractivity contribution is -0.131. The van der Waals surface area contributed by atoms with E-state index in [4.69, 9.17) is 0 Å². The standard InChI is InChI=1S/C20H22FN3O2/c1-14(25)23-13-18-12-16(7-8-22-18)19-6-3-9-24(19)20(26)11-15-4-2-5-17(21)10-15/h2,4-5,7-8,10,12,19H,3,6,9,11,13H2,1H3,(H,23,25)/t19-/m0/s1. The molecule has 0 unspecified atom stereocenters. The first-order valence-electron chi connectivity index (χ1n) is 8.76. The summed E-state index contributed by atoms with van der Waals surface area (Å²) in [6.07, 6.45) is 3.72. The van der Waals surface area contributed by atoms with Gasteiger partial charge in [-0.25, -0.2) is 4.39 Å². The Morgan fingerprint density at radius 3 is 2.92 bits per heavy atom. The Morgan fingerprint density at radius 1 is 1.31 bits per heavy atom. The van der Waals surface area contributed by atoms with Crippen LogP contribution >= 0.6 is 0 Å². The zero-order valence-corrected chi connectivity index (χ0v) is 14.7. The highest BCUT2D eigenvalue weighted by Crippen LogP contribution is 2.32. The molecular weight excluding hydrogens is 333 g/mol. The third-order valence-corrected chi connectivity index (χ3v) is 4.56. The van der Waals surface area contributed by atoms with E-state index in [1.54, 1.807) is 18.3 Å². The number of hydrogen-bond donors (Lipinski definition) is 1. The smallest absolute Gasteiger partial charge is 0.227 e. The largest absolute Gasteiger partial charge is 0.351 e. The number of benzene rings is 1. The van der Waals surface area contributed by atoms with Crippen LogP contribution in [-0.2, 0) is 22.6 Å². The van der Waals surface area contributed by atoms with Crippen molar-refractivity contribution in [2.24, 2.45) is 0 Å². The van der Waals surface area contributed by atoms with Gasteiger partial charge < -0.3 is 10.2 Å². The van der Waals surface area contributed by atoms with Crippen LogP contribution in [0.3, 0.4) is 0 Å². The number of amides is 2. The summed E-state index contributed by atoms with van der Waals surface area (Å²) in [5.41, 5.74) is 2.47. The fourth-order valence-corrected chi connectivity index (χ4v) is 3.35. The molecule has 6 heteroatoms. The van der Waals surface area contributed by atoms with Crippen LogP contribution in [0.5, 0.6) is 0 Å². The molecule has 2 amide bonds. The topological polar surface area (TPSA) is 62.3 Å². The summed E-state index contributed by atoms with van der Waals surface area (Å²) in [6, 6.07) is 10.0. The Balaban J connectivity index is 1.72. The van der Waals surface area contributed by atoms with E-state index in [1.807, 2.05) is 17.0 Å². The summed E-state index contributed by atoms with van der Waals surface area (Å²) in [6.45, 7) is 2.53. The molecule has 1 aromatic heterocycles. The summed E-state index contributed by atoms with van der Waals surface area (Å²) in [5, 5.41) is 2.73. The number of rotatable bonds is 5. The molecule has 0 radical (unpaired) electrons. The molecule has 3 rings (SSSR count). The van der Waals surface area contributed by atoms with Crippen LogP contribution < -0.4 is 5.32 Å². The Morgan fingerprint density at radius 2 is 2.15 bits per heavy atom. The number of halogens is 1. The van der Waals surface area contributed by atoms with E-state index in [2.05, 4.69) is 10.3 Å². The van der Waals surface area contributed by atoms with Gasteiger partial charge in [0.25, 0.3) is 0 Å². The number of carbonyl (C=O) groups is 2. The van der Waals surface area contributed by atoms with Gasteiger partial charge >= 0.3 is 0 Å². The molecule has 26 heavy (non-hydrogen) atoms. The molecule has 136 valence electrons. The Bertz CT molecular complexity index is 809. The minimum atomic E-state index is -0.329. The van der Waals surface area contributed by atoms with Gasteiger partial charge in [-0.2, -0.15) is 0 Å². The van der Waals surface area contributed by atoms with Crippen molar-refractivity contribution in [2.75, 3.05) is 6.54 Å². The second-order valence-corrected chi connectivity index (χ2v) is 6.54. The first-order chi connectivity index (χ1) is 12.5. The van der Waals surface area contributed by atoms with E-state index in [0.717, 1.165) is 24.1 Å². The fourth-order valence-electron chi connectivity index (χ4n) is 3.35. The Labute approximate surface area is 152 Å². The van der Waals surface area contributed by atoms with Crippen molar-refractivity contribution in [3.8, 4) is 0 Å². The van der Waals surface area contributed by atoms with Crippen LogP contribution in [0.4, 0.5) is 4.39 Å². The van der Waals surface area contributed by atoms with Gasteiger partial charge in [-0.05, 0) is 48.2 Å². The first-order valence-corrected chi connectivity index (χ1v) is 8.76. The molecule has 0 spiro atoms. The summed E-state index contributed by atoms with van der Waals surface area (Å²) in [7, 11) is 0. The molecule has 0 aliphatic carbocycles. The molecule has 0 saturated carbocycles. The number of nitrogens with one attached hydrogen (secondary N) is 1. The summed E-state index contributed by atoms with van der Waals surface area (Å²) in [4.78, 5) is 30.0. The van der Waals surface area contributed by atoms with Crippen LogP contribution in [0, 0.1) is 5.82 Å². The lowest BCUT2D eigenvalue weighted by atomic mass is 10.0. The first kappa shape index (κ1) is 18.0. The lowest BCUT2D eigenvalue weighted by Gasteiger charge is -2.25. The second kappa shape index (κ2) is 8.08. The summed E-state index contributed by atoms with van der Waals surface area (Å²) in [5.74, 6) is -0.437. The van der Waals surface area contributed by atoms with Crippen molar-refractivity contribution < 1.29 is 14.0 Å². The average molecular weight is 355 g/mol. The van der Waals surface area contributed by atoms with E-state index in [0.29, 0.717) is 18.7 Å². The molecule has 1 N–H and O–H groups in total. The van der Waals surface area contributed by atoms with Crippen LogP contribution in [0.25, 0.3) is 0 Å². The van der Waals surface area contributed by atoms with Gasteiger partial charge in [0.15, 0.2) is 0 Å². The maximum Gasteiger partial charge on any atom is 0.227 e. The number of nitrogens with zero attached hydrogens (tertiary/aromatic N) is 2. The van der Waals surface area contributed by atoms with Gasteiger partial charge in [-0.3, -0.25) is 14.6 Å². The van der Waals surface area contributed by atoms with E-state index < -0.39 is 0 Å². The van der Waals surface area contributed by atoms with Gasteiger partial charge in [-0.1, -0.05) is 12.1 Å². The molecule has 1 aromatic carbocycles. The fraction of sp³-hybridized carbons (Fsp3) is 0.350. The molecule has 1 aliphatic heterocycles. The van der Waals surface area contributed by atoms with Crippen molar-refractivity contribution >= 4 is 11.8 Å². The monoisotopic (exact) mass is 355 g/mol. The van der Waals surface area contributed by atoms with E-state index in [1.165, 1.54) is 19.1 Å². The van der Waals surface area contributed by atoms with Gasteiger partial charge in [0.2, 0.25) is 11.8 Å². The maximum atomic E-state index is 13.3. The van der Waals surface area contributed by atoms with Crippen LogP contribution in [0.1, 0.15) is 42.6 Å². The molecule has 1 atom stereocenters. The van der Waals surface area contributed by atoms with Crippen molar-refractivity contribution in [3.05, 3.63) is 65.2 Å². The number of hydrogen-bond acceptors (Lipinski definition) is 3. The molecule has 1 saturated heterocycles. The summed E-state index contributed by atoms with van der Waals surface area (Å²) >= 11 is 0. The minimum Gasteiger partial charge on any atom is -0.351 e. The van der Waals surface area contributed by atoms with Crippen molar-refractivity contribution in [2.45, 2.75) is 38.8 Å². The van der Waals surface area contributed by atoms with E-state index in [-0.39, 0.29) is 30.1 Å². The highest BCUT2D eigenvalue weighted by molar-refractivity contribution is 5.79. The molecule has 1 aliphatic rings. The second-order valence-electron chi connectivity index (χ2n) is 6.54. The summed E-state index contributed by atoms with van der Waals surface area (Å²) < 4.78 is 13.3. The third-order valence-electron chi connectivity index (χ3n) is 4.56. The molecule has 5 nitrogen and oxygen atoms in total. The van der Waals surface area contributed by atoms with Crippen molar-refractivity contribution in [1.29, 1.82) is 0 Å². The Hall–Kier alpha value is -2.76. The Kier molecular flexibility index (Phi) is 5.61. The average Bonchev–Trinajstić information content (AvgIpc) is 3.10. The van der Waals surface area contributed by atoms with E-state index in [9.17, 15) is 14.0 Å². The molecular formula is C20H22FN3O2. The minimum absolute atomic E-state index is 0.00155. The van der Waals surface area contributed by atoms with Crippen LogP contribution in [-0.4, -0.2) is 28.2 Å². The SMILES string of the molecule is CC(=O)NCc1cc([C@@H]2CCCN2C(=O)Cc2cccc(F)c2)ccn1. The number of pyridine rings is 1. The van der Waals surface area contributed by atoms with Gasteiger partial charge in [0.05, 0.1) is 24.7 Å². The number of likely N-dealkylation sites (tertiary alicyclic amines) is 1. The van der Waals surface area contributed by atoms with Crippen molar-refractivity contribution in [3.63, 3.8) is 0 Å². The molecule has 2 heterocycles. The molecule has 0 bridgehead atoms. The van der Waals surface area contributed by atoms with Gasteiger partial charge in [0, 0.05) is 19.7 Å². The predicted octanol–water partition coefficient (Wildman–Crippen LogP) is 2.76. The molecule has 2 aromatic rings. The normalized spacial score (nSPS) is 16.5. The van der Waals surface area contributed by atoms with Gasteiger partial charge in [0.1, 0.15) is 5.82 Å². The maximum absolute atomic E-state index is 13.3.